The van der Waals surface area contributed by atoms with Gasteiger partial charge in [-0.3, -0.25) is 0 Å². The minimum absolute atomic E-state index is 0.341. The molecule has 3 rings (SSSR count). The van der Waals surface area contributed by atoms with Gasteiger partial charge in [-0.15, -0.1) is 0 Å². The molecular weight excluding hydrogens is 242 g/mol. The van der Waals surface area contributed by atoms with Gasteiger partial charge in [0, 0.05) is 19.3 Å². The van der Waals surface area contributed by atoms with E-state index in [-0.39, 0.29) is 0 Å². The molecule has 2 aliphatic heterocycles. The van der Waals surface area contributed by atoms with Crippen molar-refractivity contribution in [2.24, 2.45) is 5.92 Å². The average Bonchev–Trinajstić information content (AvgIpc) is 2.93. The highest BCUT2D eigenvalue weighted by molar-refractivity contribution is 5.44. The standard InChI is InChI=1S/C15H21NO3/c1-16-13(12-4-6-17-7-5-12)8-11-2-3-14-15(9-11)19-10-18-14/h2-3,9,12-13,16H,4-8,10H2,1H3. The Hall–Kier alpha value is -1.26. The van der Waals surface area contributed by atoms with Gasteiger partial charge in [0.05, 0.1) is 0 Å². The molecular formula is C15H21NO3. The fourth-order valence-electron chi connectivity index (χ4n) is 2.94. The van der Waals surface area contributed by atoms with Crippen molar-refractivity contribution in [3.8, 4) is 11.5 Å². The van der Waals surface area contributed by atoms with Gasteiger partial charge in [-0.05, 0) is 49.9 Å². The molecule has 19 heavy (non-hydrogen) atoms. The molecule has 0 spiro atoms. The van der Waals surface area contributed by atoms with Gasteiger partial charge in [0.1, 0.15) is 0 Å². The first-order valence-corrected chi connectivity index (χ1v) is 7.00. The lowest BCUT2D eigenvalue weighted by molar-refractivity contribution is 0.0547. The van der Waals surface area contributed by atoms with Crippen molar-refractivity contribution >= 4 is 0 Å². The van der Waals surface area contributed by atoms with E-state index in [1.165, 1.54) is 5.56 Å². The average molecular weight is 263 g/mol. The van der Waals surface area contributed by atoms with Crippen LogP contribution in [0.5, 0.6) is 11.5 Å². The molecule has 0 bridgehead atoms. The van der Waals surface area contributed by atoms with Gasteiger partial charge < -0.3 is 19.5 Å². The summed E-state index contributed by atoms with van der Waals surface area (Å²) in [6.45, 7) is 2.13. The zero-order chi connectivity index (χ0) is 13.1. The predicted molar refractivity (Wildman–Crippen MR) is 72.7 cm³/mol. The van der Waals surface area contributed by atoms with E-state index in [2.05, 4.69) is 17.4 Å². The Balaban J connectivity index is 1.68. The summed E-state index contributed by atoms with van der Waals surface area (Å²) in [6.07, 6.45) is 3.32. The van der Waals surface area contributed by atoms with Crippen LogP contribution in [0.3, 0.4) is 0 Å². The monoisotopic (exact) mass is 263 g/mol. The minimum Gasteiger partial charge on any atom is -0.454 e. The van der Waals surface area contributed by atoms with Crippen molar-refractivity contribution < 1.29 is 14.2 Å². The fourth-order valence-corrected chi connectivity index (χ4v) is 2.94. The van der Waals surface area contributed by atoms with Crippen molar-refractivity contribution in [2.75, 3.05) is 27.1 Å². The quantitative estimate of drug-likeness (QED) is 0.901. The number of hydrogen-bond acceptors (Lipinski definition) is 4. The minimum atomic E-state index is 0.341. The van der Waals surface area contributed by atoms with E-state index in [9.17, 15) is 0 Å². The summed E-state index contributed by atoms with van der Waals surface area (Å²) < 4.78 is 16.2. The third-order valence-electron chi connectivity index (χ3n) is 4.10. The van der Waals surface area contributed by atoms with Gasteiger partial charge in [-0.25, -0.2) is 0 Å². The Bertz CT molecular complexity index is 429. The van der Waals surface area contributed by atoms with Crippen LogP contribution in [-0.4, -0.2) is 33.1 Å². The molecule has 0 amide bonds. The summed E-state index contributed by atoms with van der Waals surface area (Å²) in [5.41, 5.74) is 1.30. The van der Waals surface area contributed by atoms with Crippen LogP contribution in [0.25, 0.3) is 0 Å². The van der Waals surface area contributed by atoms with E-state index in [0.29, 0.717) is 18.8 Å². The van der Waals surface area contributed by atoms with Gasteiger partial charge in [0.2, 0.25) is 6.79 Å². The molecule has 1 fully saturated rings. The number of rotatable bonds is 4. The van der Waals surface area contributed by atoms with Gasteiger partial charge >= 0.3 is 0 Å². The number of benzene rings is 1. The highest BCUT2D eigenvalue weighted by atomic mass is 16.7. The number of fused-ring (bicyclic) bond motifs is 1. The van der Waals surface area contributed by atoms with Crippen LogP contribution in [0.15, 0.2) is 18.2 Å². The molecule has 0 aliphatic carbocycles. The Labute approximate surface area is 114 Å². The maximum Gasteiger partial charge on any atom is 0.231 e. The first-order valence-electron chi connectivity index (χ1n) is 7.00. The van der Waals surface area contributed by atoms with E-state index in [1.807, 2.05) is 13.1 Å². The zero-order valence-electron chi connectivity index (χ0n) is 11.4. The third kappa shape index (κ3) is 2.85. The van der Waals surface area contributed by atoms with E-state index in [4.69, 9.17) is 14.2 Å². The number of nitrogens with one attached hydrogen (secondary N) is 1. The SMILES string of the molecule is CNC(Cc1ccc2c(c1)OCO2)C1CCOCC1. The smallest absolute Gasteiger partial charge is 0.231 e. The van der Waals surface area contributed by atoms with Crippen LogP contribution in [-0.2, 0) is 11.2 Å². The van der Waals surface area contributed by atoms with Crippen molar-refractivity contribution in [3.63, 3.8) is 0 Å². The first-order chi connectivity index (χ1) is 9.36. The molecule has 0 radical (unpaired) electrons. The number of hydrogen-bond donors (Lipinski definition) is 1. The summed E-state index contributed by atoms with van der Waals surface area (Å²) >= 11 is 0. The van der Waals surface area contributed by atoms with Crippen LogP contribution in [0, 0.1) is 5.92 Å². The first kappa shape index (κ1) is 12.8. The molecule has 4 nitrogen and oxygen atoms in total. The highest BCUT2D eigenvalue weighted by Crippen LogP contribution is 2.33. The molecule has 1 aromatic carbocycles. The summed E-state index contributed by atoms with van der Waals surface area (Å²) in [5.74, 6) is 2.43. The van der Waals surface area contributed by atoms with Crippen LogP contribution in [0.4, 0.5) is 0 Å². The molecule has 0 saturated carbocycles. The summed E-state index contributed by atoms with van der Waals surface area (Å²) in [5, 5.41) is 3.46. The van der Waals surface area contributed by atoms with Crippen molar-refractivity contribution in [1.29, 1.82) is 0 Å². The number of likely N-dealkylation sites (N-methyl/N-ethyl adjacent to an activating group) is 1. The van der Waals surface area contributed by atoms with Crippen molar-refractivity contribution in [3.05, 3.63) is 23.8 Å². The van der Waals surface area contributed by atoms with E-state index >= 15 is 0 Å². The van der Waals surface area contributed by atoms with Crippen LogP contribution in [0.2, 0.25) is 0 Å². The molecule has 4 heteroatoms. The van der Waals surface area contributed by atoms with Crippen LogP contribution >= 0.6 is 0 Å². The second kappa shape index (κ2) is 5.80. The Morgan fingerprint density at radius 2 is 2.00 bits per heavy atom. The second-order valence-electron chi connectivity index (χ2n) is 5.24. The van der Waals surface area contributed by atoms with Gasteiger partial charge in [-0.1, -0.05) is 6.07 Å². The molecule has 0 aromatic heterocycles. The lowest BCUT2D eigenvalue weighted by Gasteiger charge is -2.30. The lowest BCUT2D eigenvalue weighted by Crippen LogP contribution is -2.38. The Morgan fingerprint density at radius 3 is 2.79 bits per heavy atom. The second-order valence-corrected chi connectivity index (χ2v) is 5.24. The highest BCUT2D eigenvalue weighted by Gasteiger charge is 2.23. The summed E-state index contributed by atoms with van der Waals surface area (Å²) in [7, 11) is 2.05. The third-order valence-corrected chi connectivity index (χ3v) is 4.10. The molecule has 1 aromatic rings. The van der Waals surface area contributed by atoms with Gasteiger partial charge in [0.25, 0.3) is 0 Å². The van der Waals surface area contributed by atoms with E-state index < -0.39 is 0 Å². The van der Waals surface area contributed by atoms with Gasteiger partial charge in [0.15, 0.2) is 11.5 Å². The maximum absolute atomic E-state index is 5.44. The molecule has 1 atom stereocenters. The van der Waals surface area contributed by atoms with Crippen LogP contribution in [0.1, 0.15) is 18.4 Å². The molecule has 1 unspecified atom stereocenters. The fraction of sp³-hybridized carbons (Fsp3) is 0.600. The maximum atomic E-state index is 5.44. The Morgan fingerprint density at radius 1 is 1.21 bits per heavy atom. The summed E-state index contributed by atoms with van der Waals surface area (Å²) in [6, 6.07) is 6.75. The van der Waals surface area contributed by atoms with E-state index in [0.717, 1.165) is 44.0 Å². The van der Waals surface area contributed by atoms with E-state index in [1.54, 1.807) is 0 Å². The topological polar surface area (TPSA) is 39.7 Å². The largest absolute Gasteiger partial charge is 0.454 e. The van der Waals surface area contributed by atoms with Crippen LogP contribution < -0.4 is 14.8 Å². The number of ether oxygens (including phenoxy) is 3. The summed E-state index contributed by atoms with van der Waals surface area (Å²) in [4.78, 5) is 0. The molecule has 2 aliphatic rings. The lowest BCUT2D eigenvalue weighted by atomic mass is 9.88. The molecule has 1 N–H and O–H groups in total. The predicted octanol–water partition coefficient (Wildman–Crippen LogP) is 1.97. The van der Waals surface area contributed by atoms with Crippen molar-refractivity contribution in [1.82, 2.24) is 5.32 Å². The molecule has 104 valence electrons. The normalized spacial score (nSPS) is 20.5. The molecule has 2 heterocycles. The van der Waals surface area contributed by atoms with Gasteiger partial charge in [-0.2, -0.15) is 0 Å². The Kier molecular flexibility index (Phi) is 3.89. The van der Waals surface area contributed by atoms with Crippen molar-refractivity contribution in [2.45, 2.75) is 25.3 Å². The molecule has 1 saturated heterocycles. The zero-order valence-corrected chi connectivity index (χ0v) is 11.4.